The highest BCUT2D eigenvalue weighted by molar-refractivity contribution is 6.42. The number of hydrogen-bond donors (Lipinski definition) is 2. The first-order valence-corrected chi connectivity index (χ1v) is 11.8. The minimum Gasteiger partial charge on any atom is -0.491 e. The van der Waals surface area contributed by atoms with E-state index in [1.807, 2.05) is 32.0 Å². The summed E-state index contributed by atoms with van der Waals surface area (Å²) in [5, 5.41) is 15.1. The third kappa shape index (κ3) is 7.66. The molecule has 2 aromatic rings. The van der Waals surface area contributed by atoms with E-state index < -0.39 is 5.60 Å². The van der Waals surface area contributed by atoms with Crippen LogP contribution < -0.4 is 10.1 Å². The number of halogens is 2. The summed E-state index contributed by atoms with van der Waals surface area (Å²) in [5.41, 5.74) is -0.0811. The fraction of sp³-hybridized carbons (Fsp3) is 0.480. The zero-order valence-corrected chi connectivity index (χ0v) is 20.3. The molecule has 0 spiro atoms. The SMILES string of the molecule is CC(C)(Cc1ccccc1)NC(=O)CN1CCC[C@@](O)(COc2ccc(Cl)c(Cl)c2)CC1. The lowest BCUT2D eigenvalue weighted by molar-refractivity contribution is -0.123. The fourth-order valence-corrected chi connectivity index (χ4v) is 4.38. The molecule has 0 aliphatic carbocycles. The molecule has 174 valence electrons. The summed E-state index contributed by atoms with van der Waals surface area (Å²) in [6.07, 6.45) is 2.72. The van der Waals surface area contributed by atoms with Gasteiger partial charge in [0.1, 0.15) is 12.4 Å². The Hall–Kier alpha value is -1.79. The molecular weight excluding hydrogens is 447 g/mol. The molecule has 1 aliphatic heterocycles. The molecule has 1 saturated heterocycles. The Kier molecular flexibility index (Phi) is 8.45. The lowest BCUT2D eigenvalue weighted by Gasteiger charge is -2.29. The van der Waals surface area contributed by atoms with Crippen molar-refractivity contribution in [1.82, 2.24) is 10.2 Å². The highest BCUT2D eigenvalue weighted by atomic mass is 35.5. The first kappa shape index (κ1) is 24.8. The van der Waals surface area contributed by atoms with Crippen molar-refractivity contribution in [3.63, 3.8) is 0 Å². The van der Waals surface area contributed by atoms with Gasteiger partial charge in [-0.25, -0.2) is 0 Å². The predicted molar refractivity (Wildman–Crippen MR) is 130 cm³/mol. The van der Waals surface area contributed by atoms with Crippen LogP contribution in [0, 0.1) is 0 Å². The van der Waals surface area contributed by atoms with Gasteiger partial charge in [0.2, 0.25) is 5.91 Å². The summed E-state index contributed by atoms with van der Waals surface area (Å²) >= 11 is 12.0. The zero-order valence-electron chi connectivity index (χ0n) is 18.7. The first-order valence-electron chi connectivity index (χ1n) is 11.0. The van der Waals surface area contributed by atoms with Gasteiger partial charge in [0.15, 0.2) is 0 Å². The molecule has 0 bridgehead atoms. The van der Waals surface area contributed by atoms with Crippen molar-refractivity contribution in [2.45, 2.75) is 50.7 Å². The molecule has 1 fully saturated rings. The number of nitrogens with one attached hydrogen (secondary N) is 1. The van der Waals surface area contributed by atoms with Gasteiger partial charge in [0, 0.05) is 18.2 Å². The number of hydrogen-bond acceptors (Lipinski definition) is 4. The van der Waals surface area contributed by atoms with Gasteiger partial charge in [-0.3, -0.25) is 9.69 Å². The monoisotopic (exact) mass is 478 g/mol. The molecule has 0 saturated carbocycles. The number of likely N-dealkylation sites (tertiary alicyclic amines) is 1. The number of ether oxygens (including phenoxy) is 1. The Labute approximate surface area is 200 Å². The van der Waals surface area contributed by atoms with Crippen LogP contribution in [0.4, 0.5) is 0 Å². The fourth-order valence-electron chi connectivity index (χ4n) is 4.09. The largest absolute Gasteiger partial charge is 0.491 e. The highest BCUT2D eigenvalue weighted by Crippen LogP contribution is 2.28. The molecule has 32 heavy (non-hydrogen) atoms. The molecule has 0 aromatic heterocycles. The Morgan fingerprint density at radius 2 is 1.88 bits per heavy atom. The average molecular weight is 479 g/mol. The van der Waals surface area contributed by atoms with E-state index in [4.69, 9.17) is 27.9 Å². The Morgan fingerprint density at radius 3 is 2.59 bits per heavy atom. The van der Waals surface area contributed by atoms with Gasteiger partial charge < -0.3 is 15.2 Å². The van der Waals surface area contributed by atoms with Gasteiger partial charge in [-0.05, 0) is 63.8 Å². The topological polar surface area (TPSA) is 61.8 Å². The van der Waals surface area contributed by atoms with Crippen molar-refractivity contribution >= 4 is 29.1 Å². The van der Waals surface area contributed by atoms with Crippen molar-refractivity contribution in [3.8, 4) is 5.75 Å². The number of benzene rings is 2. The van der Waals surface area contributed by atoms with Crippen LogP contribution in [0.3, 0.4) is 0 Å². The van der Waals surface area contributed by atoms with Crippen molar-refractivity contribution in [2.75, 3.05) is 26.2 Å². The quantitative estimate of drug-likeness (QED) is 0.575. The lowest BCUT2D eigenvalue weighted by Crippen LogP contribution is -2.49. The summed E-state index contributed by atoms with van der Waals surface area (Å²) in [6.45, 7) is 5.98. The van der Waals surface area contributed by atoms with E-state index in [1.54, 1.807) is 18.2 Å². The van der Waals surface area contributed by atoms with Crippen LogP contribution in [0.1, 0.15) is 38.7 Å². The summed E-state index contributed by atoms with van der Waals surface area (Å²) < 4.78 is 5.79. The second kappa shape index (κ2) is 10.9. The van der Waals surface area contributed by atoms with Crippen molar-refractivity contribution in [1.29, 1.82) is 0 Å². The Balaban J connectivity index is 1.47. The van der Waals surface area contributed by atoms with Crippen molar-refractivity contribution < 1.29 is 14.6 Å². The maximum Gasteiger partial charge on any atom is 0.234 e. The van der Waals surface area contributed by atoms with Gasteiger partial charge in [-0.15, -0.1) is 0 Å². The second-order valence-corrected chi connectivity index (χ2v) is 10.1. The molecule has 0 radical (unpaired) electrons. The van der Waals surface area contributed by atoms with Crippen LogP contribution in [0.2, 0.25) is 10.0 Å². The number of carbonyl (C=O) groups is 1. The highest BCUT2D eigenvalue weighted by Gasteiger charge is 2.32. The predicted octanol–water partition coefficient (Wildman–Crippen LogP) is 4.73. The number of carbonyl (C=O) groups excluding carboxylic acids is 1. The smallest absolute Gasteiger partial charge is 0.234 e. The van der Waals surface area contributed by atoms with Gasteiger partial charge in [-0.1, -0.05) is 53.5 Å². The molecule has 2 N–H and O–H groups in total. The van der Waals surface area contributed by atoms with Crippen LogP contribution in [-0.2, 0) is 11.2 Å². The van der Waals surface area contributed by atoms with E-state index in [0.29, 0.717) is 41.7 Å². The standard InChI is InChI=1S/C25H32Cl2N2O3/c1-24(2,16-19-7-4-3-5-8-19)28-23(30)17-29-13-6-11-25(31,12-14-29)18-32-20-9-10-21(26)22(27)15-20/h3-5,7-10,15,31H,6,11-14,16-18H2,1-2H3,(H,28,30)/t25-/m0/s1. The van der Waals surface area contributed by atoms with E-state index >= 15 is 0 Å². The van der Waals surface area contributed by atoms with Gasteiger partial charge >= 0.3 is 0 Å². The van der Waals surface area contributed by atoms with Crippen LogP contribution in [0.15, 0.2) is 48.5 Å². The van der Waals surface area contributed by atoms with Crippen molar-refractivity contribution in [3.05, 3.63) is 64.1 Å². The minimum absolute atomic E-state index is 0.00317. The normalized spacial score (nSPS) is 19.9. The maximum absolute atomic E-state index is 12.7. The lowest BCUT2D eigenvalue weighted by atomic mass is 9.95. The van der Waals surface area contributed by atoms with Gasteiger partial charge in [-0.2, -0.15) is 0 Å². The number of amides is 1. The molecule has 0 unspecified atom stereocenters. The van der Waals surface area contributed by atoms with Crippen LogP contribution in [0.25, 0.3) is 0 Å². The van der Waals surface area contributed by atoms with E-state index in [9.17, 15) is 9.90 Å². The molecule has 1 aliphatic rings. The zero-order chi connectivity index (χ0) is 23.2. The first-order chi connectivity index (χ1) is 15.1. The number of aliphatic hydroxyl groups is 1. The van der Waals surface area contributed by atoms with Gasteiger partial charge in [0.25, 0.3) is 0 Å². The van der Waals surface area contributed by atoms with Crippen molar-refractivity contribution in [2.24, 2.45) is 0 Å². The summed E-state index contributed by atoms with van der Waals surface area (Å²) in [6, 6.07) is 15.2. The molecule has 1 atom stereocenters. The third-order valence-electron chi connectivity index (χ3n) is 5.74. The van der Waals surface area contributed by atoms with E-state index in [2.05, 4.69) is 22.3 Å². The van der Waals surface area contributed by atoms with Crippen LogP contribution in [-0.4, -0.2) is 53.3 Å². The summed E-state index contributed by atoms with van der Waals surface area (Å²) in [5.74, 6) is 0.581. The third-order valence-corrected chi connectivity index (χ3v) is 6.48. The van der Waals surface area contributed by atoms with Gasteiger partial charge in [0.05, 0.1) is 22.2 Å². The summed E-state index contributed by atoms with van der Waals surface area (Å²) in [4.78, 5) is 14.8. The van der Waals surface area contributed by atoms with Crippen LogP contribution in [0.5, 0.6) is 5.75 Å². The Morgan fingerprint density at radius 1 is 1.12 bits per heavy atom. The number of rotatable bonds is 8. The minimum atomic E-state index is -0.941. The van der Waals surface area contributed by atoms with E-state index in [-0.39, 0.29) is 18.1 Å². The molecule has 3 rings (SSSR count). The molecule has 1 heterocycles. The molecular formula is C25H32Cl2N2O3. The molecule has 7 heteroatoms. The maximum atomic E-state index is 12.7. The van der Waals surface area contributed by atoms with Crippen LogP contribution >= 0.6 is 23.2 Å². The molecule has 5 nitrogen and oxygen atoms in total. The molecule has 1 amide bonds. The second-order valence-electron chi connectivity index (χ2n) is 9.31. The molecule has 2 aromatic carbocycles. The van der Waals surface area contributed by atoms with E-state index in [0.717, 1.165) is 19.4 Å². The van der Waals surface area contributed by atoms with E-state index in [1.165, 1.54) is 5.56 Å². The number of nitrogens with zero attached hydrogens (tertiary/aromatic N) is 1. The Bertz CT molecular complexity index is 907. The summed E-state index contributed by atoms with van der Waals surface area (Å²) in [7, 11) is 0. The average Bonchev–Trinajstić information content (AvgIpc) is 2.90.